The molecule has 41 heavy (non-hydrogen) atoms. The summed E-state index contributed by atoms with van der Waals surface area (Å²) in [5, 5.41) is 7.72. The average Bonchev–Trinajstić information content (AvgIpc) is 3.41. The third kappa shape index (κ3) is 10.5. The second-order valence-electron chi connectivity index (χ2n) is 13.6. The molecule has 3 unspecified atom stereocenters. The number of carbonyl (C=O) groups is 4. The van der Waals surface area contributed by atoms with Crippen molar-refractivity contribution in [2.45, 2.75) is 144 Å². The molecule has 0 amide bonds. The number of hydrogen-bond acceptors (Lipinski definition) is 4. The zero-order valence-electron chi connectivity index (χ0n) is 26.9. The van der Waals surface area contributed by atoms with Crippen LogP contribution in [-0.2, 0) is 26.2 Å². The minimum atomic E-state index is -0.745. The zero-order valence-corrected chi connectivity index (χ0v) is 26.9. The number of rotatable bonds is 13. The van der Waals surface area contributed by atoms with Gasteiger partial charge in [0, 0.05) is 30.7 Å². The molecule has 0 bridgehead atoms. The van der Waals surface area contributed by atoms with Crippen molar-refractivity contribution in [2.75, 3.05) is 0 Å². The van der Waals surface area contributed by atoms with Gasteiger partial charge in [0.2, 0.25) is 0 Å². The van der Waals surface area contributed by atoms with Crippen molar-refractivity contribution in [2.24, 2.45) is 23.7 Å². The van der Waals surface area contributed by atoms with E-state index in [0.29, 0.717) is 18.8 Å². The molecule has 0 radical (unpaired) electrons. The number of aliphatic carboxylic acids is 1. The van der Waals surface area contributed by atoms with Crippen LogP contribution in [0, 0.1) is 30.6 Å². The molecule has 1 aromatic rings. The van der Waals surface area contributed by atoms with E-state index in [1.54, 1.807) is 6.92 Å². The van der Waals surface area contributed by atoms with Gasteiger partial charge in [-0.15, -0.1) is 0 Å². The van der Waals surface area contributed by atoms with Crippen LogP contribution in [0.25, 0.3) is 0 Å². The normalized spacial score (nSPS) is 18.7. The van der Waals surface area contributed by atoms with Gasteiger partial charge in [0.25, 0.3) is 0 Å². The fraction of sp³-hybridized carbons (Fsp3) is 0.722. The third-order valence-corrected chi connectivity index (χ3v) is 9.32. The lowest BCUT2D eigenvalue weighted by atomic mass is 9.71. The lowest BCUT2D eigenvalue weighted by Crippen LogP contribution is -2.30. The molecule has 0 saturated heterocycles. The van der Waals surface area contributed by atoms with Crippen LogP contribution in [-0.4, -0.2) is 28.4 Å². The minimum Gasteiger partial charge on any atom is -0.481 e. The summed E-state index contributed by atoms with van der Waals surface area (Å²) in [6.07, 6.45) is 12.1. The fourth-order valence-electron chi connectivity index (χ4n) is 7.24. The molecule has 230 valence electrons. The Kier molecular flexibility index (Phi) is 13.9. The van der Waals surface area contributed by atoms with Gasteiger partial charge >= 0.3 is 5.97 Å². The van der Waals surface area contributed by atoms with Crippen molar-refractivity contribution in [3.05, 3.63) is 34.4 Å². The molecular weight excluding hydrogens is 512 g/mol. The summed E-state index contributed by atoms with van der Waals surface area (Å²) in [5.41, 5.74) is 4.55. The van der Waals surface area contributed by atoms with E-state index < -0.39 is 5.97 Å². The van der Waals surface area contributed by atoms with Crippen LogP contribution in [0.4, 0.5) is 0 Å². The molecule has 3 atom stereocenters. The van der Waals surface area contributed by atoms with E-state index in [0.717, 1.165) is 49.7 Å². The van der Waals surface area contributed by atoms with Crippen LogP contribution in [0.3, 0.4) is 0 Å². The predicted molar refractivity (Wildman–Crippen MR) is 167 cm³/mol. The van der Waals surface area contributed by atoms with Gasteiger partial charge < -0.3 is 5.11 Å². The standard InChI is InChI=1S/C33H50O3.C3H6O2/c1-7-11-25(28(8-2)30(35)21-27(34)16-14-23-12-9-10-13-23)18-24-19-26-15-17-29(33(4,5)6)22(3)32(26)31(36)20-24;1-2-3(4)5/h15,17,23-25,28H,7-14,16,18-21H2,1-6H3;2H2,1H3,(H,4,5). The quantitative estimate of drug-likeness (QED) is 0.240. The average molecular weight is 569 g/mol. The SMILES string of the molecule is CCC(=O)O.CCCC(CC1CC(=O)c2c(ccc(C(C)(C)C)c2C)C1)C(CC)C(=O)CC(=O)CCC1CCCC1. The smallest absolute Gasteiger partial charge is 0.303 e. The van der Waals surface area contributed by atoms with E-state index in [9.17, 15) is 19.2 Å². The number of ketones is 3. The van der Waals surface area contributed by atoms with E-state index in [-0.39, 0.29) is 53.4 Å². The van der Waals surface area contributed by atoms with Gasteiger partial charge in [-0.05, 0) is 72.5 Å². The number of carboxylic acids is 1. The summed E-state index contributed by atoms with van der Waals surface area (Å²) in [6, 6.07) is 4.39. The van der Waals surface area contributed by atoms with Gasteiger partial charge in [-0.1, -0.05) is 92.2 Å². The van der Waals surface area contributed by atoms with Gasteiger partial charge in [-0.25, -0.2) is 0 Å². The molecule has 0 heterocycles. The number of hydrogen-bond donors (Lipinski definition) is 1. The first-order chi connectivity index (χ1) is 19.3. The first-order valence-electron chi connectivity index (χ1n) is 16.2. The highest BCUT2D eigenvalue weighted by Gasteiger charge is 2.34. The van der Waals surface area contributed by atoms with E-state index in [1.807, 2.05) is 0 Å². The molecule has 0 spiro atoms. The molecule has 2 aliphatic rings. The Balaban J connectivity index is 0.00000108. The maximum atomic E-state index is 13.3. The monoisotopic (exact) mass is 568 g/mol. The van der Waals surface area contributed by atoms with Crippen LogP contribution in [0.1, 0.15) is 152 Å². The Morgan fingerprint density at radius 2 is 1.63 bits per heavy atom. The van der Waals surface area contributed by atoms with Crippen LogP contribution in [0.5, 0.6) is 0 Å². The van der Waals surface area contributed by atoms with Gasteiger partial charge in [0.05, 0.1) is 6.42 Å². The summed E-state index contributed by atoms with van der Waals surface area (Å²) in [4.78, 5) is 48.6. The lowest BCUT2D eigenvalue weighted by Gasteiger charge is -2.33. The van der Waals surface area contributed by atoms with Crippen molar-refractivity contribution in [1.82, 2.24) is 0 Å². The molecule has 1 aromatic carbocycles. The van der Waals surface area contributed by atoms with Crippen LogP contribution < -0.4 is 0 Å². The highest BCUT2D eigenvalue weighted by atomic mass is 16.4. The van der Waals surface area contributed by atoms with Crippen molar-refractivity contribution < 1.29 is 24.3 Å². The number of carbonyl (C=O) groups excluding carboxylic acids is 3. The molecular formula is C36H56O5. The topological polar surface area (TPSA) is 88.5 Å². The van der Waals surface area contributed by atoms with E-state index in [1.165, 1.54) is 36.8 Å². The highest BCUT2D eigenvalue weighted by molar-refractivity contribution is 6.01. The molecule has 1 N–H and O–H groups in total. The molecule has 0 aromatic heterocycles. The van der Waals surface area contributed by atoms with Crippen LogP contribution in [0.15, 0.2) is 12.1 Å². The highest BCUT2D eigenvalue weighted by Crippen LogP contribution is 2.39. The molecule has 1 saturated carbocycles. The number of Topliss-reactive ketones (excluding diaryl/α,β-unsaturated/α-hetero) is 3. The van der Waals surface area contributed by atoms with Gasteiger partial charge in [0.1, 0.15) is 11.6 Å². The van der Waals surface area contributed by atoms with Gasteiger partial charge in [-0.3, -0.25) is 19.2 Å². The predicted octanol–water partition coefficient (Wildman–Crippen LogP) is 8.85. The summed E-state index contributed by atoms with van der Waals surface area (Å²) >= 11 is 0. The molecule has 2 aliphatic carbocycles. The fourth-order valence-corrected chi connectivity index (χ4v) is 7.24. The van der Waals surface area contributed by atoms with E-state index in [2.05, 4.69) is 53.7 Å². The summed E-state index contributed by atoms with van der Waals surface area (Å²) in [7, 11) is 0. The lowest BCUT2D eigenvalue weighted by molar-refractivity contribution is -0.136. The first-order valence-corrected chi connectivity index (χ1v) is 16.2. The van der Waals surface area contributed by atoms with E-state index >= 15 is 0 Å². The number of carboxylic acid groups (broad SMARTS) is 1. The van der Waals surface area contributed by atoms with E-state index in [4.69, 9.17) is 5.11 Å². The minimum absolute atomic E-state index is 0.0196. The summed E-state index contributed by atoms with van der Waals surface area (Å²) < 4.78 is 0. The maximum absolute atomic E-state index is 13.3. The Bertz CT molecular complexity index is 1040. The second kappa shape index (κ2) is 16.4. The van der Waals surface area contributed by atoms with Crippen LogP contribution in [0.2, 0.25) is 0 Å². The number of fused-ring (bicyclic) bond motifs is 1. The van der Waals surface area contributed by atoms with Crippen molar-refractivity contribution >= 4 is 23.3 Å². The second-order valence-corrected chi connectivity index (χ2v) is 13.6. The zero-order chi connectivity index (χ0) is 30.7. The molecule has 1 fully saturated rings. The molecule has 3 rings (SSSR count). The summed E-state index contributed by atoms with van der Waals surface area (Å²) in [5.74, 6) is 0.945. The largest absolute Gasteiger partial charge is 0.481 e. The molecule has 5 heteroatoms. The first kappa shape index (κ1) is 34.9. The Morgan fingerprint density at radius 1 is 1.00 bits per heavy atom. The van der Waals surface area contributed by atoms with Crippen molar-refractivity contribution in [3.8, 4) is 0 Å². The van der Waals surface area contributed by atoms with Gasteiger partial charge in [-0.2, -0.15) is 0 Å². The van der Waals surface area contributed by atoms with Gasteiger partial charge in [0.15, 0.2) is 5.78 Å². The Labute approximate surface area is 249 Å². The third-order valence-electron chi connectivity index (χ3n) is 9.32. The maximum Gasteiger partial charge on any atom is 0.303 e. The number of benzene rings is 1. The Hall–Kier alpha value is -2.30. The molecule has 5 nitrogen and oxygen atoms in total. The van der Waals surface area contributed by atoms with Crippen LogP contribution >= 0.6 is 0 Å². The van der Waals surface area contributed by atoms with Crippen molar-refractivity contribution in [1.29, 1.82) is 0 Å². The Morgan fingerprint density at radius 3 is 2.17 bits per heavy atom. The van der Waals surface area contributed by atoms with Crippen molar-refractivity contribution in [3.63, 3.8) is 0 Å². The summed E-state index contributed by atoms with van der Waals surface area (Å²) in [6.45, 7) is 14.6. The molecule has 0 aliphatic heterocycles.